The number of sulfonamides is 1. The molecule has 286 valence electrons. The summed E-state index contributed by atoms with van der Waals surface area (Å²) >= 11 is 0. The second-order valence-electron chi connectivity index (χ2n) is 15.3. The molecule has 1 saturated heterocycles. The number of hydrogen-bond acceptors (Lipinski definition) is 11. The van der Waals surface area contributed by atoms with E-state index in [1.54, 1.807) is 33.9 Å². The molecule has 17 heteroatoms. The van der Waals surface area contributed by atoms with Crippen molar-refractivity contribution in [1.29, 1.82) is 0 Å². The van der Waals surface area contributed by atoms with Gasteiger partial charge in [0.25, 0.3) is 5.91 Å². The predicted octanol–water partition coefficient (Wildman–Crippen LogP) is 2.75. The van der Waals surface area contributed by atoms with E-state index in [1.165, 1.54) is 15.8 Å². The molecule has 1 aromatic heterocycles. The molecule has 16 nitrogen and oxygen atoms in total. The minimum Gasteiger partial charge on any atom is -0.496 e. The number of carbonyl (C=O) groups excluding carboxylic acids is 4. The summed E-state index contributed by atoms with van der Waals surface area (Å²) in [6.07, 6.45) is 9.01. The largest absolute Gasteiger partial charge is 0.496 e. The maximum absolute atomic E-state index is 14.5. The number of nitrogens with one attached hydrogen (secondary N) is 3. The Morgan fingerprint density at radius 2 is 1.94 bits per heavy atom. The summed E-state index contributed by atoms with van der Waals surface area (Å²) in [5.41, 5.74) is -0.907. The van der Waals surface area contributed by atoms with Crippen LogP contribution >= 0.6 is 0 Å². The fourth-order valence-electron chi connectivity index (χ4n) is 6.90. The lowest BCUT2D eigenvalue weighted by molar-refractivity contribution is -0.142. The maximum atomic E-state index is 14.5. The standard InChI is InChI=1S/C36H48N8O8S/c1-6-24-20-36(24,33(47)41-53(49,50)26-14-15-26)38-31(45)27-19-23-21-43(27)32(46)29(35(2,3)4)37-34(48)52-17-11-9-7-8-10-12-22-18-25(13-16-28(22)51-5)44-40-30(23)39-42-44/h6,10,12-13,16,18,23-24,26-27,29H,1,7-9,11,14-15,17,19-21H2,2-5H3,(H,37,48)(H,38,45)(H,41,47)/b12-10-/t23-,24+,27+,29+,36+/m1/s1. The van der Waals surface area contributed by atoms with Gasteiger partial charge in [0.1, 0.15) is 23.4 Å². The average Bonchev–Trinajstić information content (AvgIpc) is 3.99. The highest BCUT2D eigenvalue weighted by molar-refractivity contribution is 7.91. The van der Waals surface area contributed by atoms with E-state index in [9.17, 15) is 27.6 Å². The highest BCUT2D eigenvalue weighted by Crippen LogP contribution is 2.46. The molecule has 4 aliphatic rings. The first-order valence-corrected chi connectivity index (χ1v) is 19.6. The van der Waals surface area contributed by atoms with Gasteiger partial charge in [-0.05, 0) is 80.2 Å². The van der Waals surface area contributed by atoms with Gasteiger partial charge in [-0.1, -0.05) is 39.0 Å². The van der Waals surface area contributed by atoms with Crippen molar-refractivity contribution in [2.24, 2.45) is 11.3 Å². The van der Waals surface area contributed by atoms with Crippen molar-refractivity contribution in [2.75, 3.05) is 20.3 Å². The molecule has 2 saturated carbocycles. The number of ether oxygens (including phenoxy) is 2. The lowest BCUT2D eigenvalue weighted by atomic mass is 9.85. The molecule has 6 rings (SSSR count). The van der Waals surface area contributed by atoms with E-state index in [-0.39, 0.29) is 31.8 Å². The predicted molar refractivity (Wildman–Crippen MR) is 193 cm³/mol. The second-order valence-corrected chi connectivity index (χ2v) is 17.3. The van der Waals surface area contributed by atoms with Gasteiger partial charge in [-0.2, -0.15) is 0 Å². The molecule has 0 radical (unpaired) electrons. The van der Waals surface area contributed by atoms with Gasteiger partial charge in [0.15, 0.2) is 5.82 Å². The van der Waals surface area contributed by atoms with Crippen molar-refractivity contribution in [2.45, 2.75) is 101 Å². The number of carbonyl (C=O) groups is 4. The number of amides is 4. The number of methoxy groups -OCH3 is 1. The monoisotopic (exact) mass is 752 g/mol. The van der Waals surface area contributed by atoms with Crippen LogP contribution in [-0.2, 0) is 29.1 Å². The van der Waals surface area contributed by atoms with Crippen LogP contribution in [0.3, 0.4) is 0 Å². The third-order valence-corrected chi connectivity index (χ3v) is 12.1. The highest BCUT2D eigenvalue weighted by Gasteiger charge is 2.62. The number of allylic oxidation sites excluding steroid dienone is 1. The van der Waals surface area contributed by atoms with Crippen LogP contribution in [0.4, 0.5) is 4.79 Å². The Hall–Kier alpha value is -4.80. The van der Waals surface area contributed by atoms with Crippen molar-refractivity contribution in [3.05, 3.63) is 48.3 Å². The molecule has 2 aliphatic carbocycles. The molecule has 3 heterocycles. The van der Waals surface area contributed by atoms with Crippen molar-refractivity contribution in [1.82, 2.24) is 40.5 Å². The van der Waals surface area contributed by atoms with Gasteiger partial charge in [-0.25, -0.2) is 13.2 Å². The van der Waals surface area contributed by atoms with E-state index in [2.05, 4.69) is 43.4 Å². The molecule has 2 aromatic rings. The van der Waals surface area contributed by atoms with E-state index in [1.807, 2.05) is 18.2 Å². The zero-order valence-electron chi connectivity index (χ0n) is 30.5. The van der Waals surface area contributed by atoms with Crippen LogP contribution < -0.4 is 20.1 Å². The summed E-state index contributed by atoms with van der Waals surface area (Å²) in [4.78, 5) is 58.0. The second kappa shape index (κ2) is 14.9. The van der Waals surface area contributed by atoms with Crippen LogP contribution in [0, 0.1) is 11.3 Å². The molecule has 6 bridgehead atoms. The van der Waals surface area contributed by atoms with Gasteiger partial charge in [0.05, 0.1) is 24.7 Å². The van der Waals surface area contributed by atoms with Crippen LogP contribution in [0.25, 0.3) is 11.8 Å². The quantitative estimate of drug-likeness (QED) is 0.351. The number of nitrogens with zero attached hydrogens (tertiary/aromatic N) is 5. The minimum atomic E-state index is -3.90. The van der Waals surface area contributed by atoms with E-state index in [4.69, 9.17) is 9.47 Å². The molecular weight excluding hydrogens is 705 g/mol. The van der Waals surface area contributed by atoms with Gasteiger partial charge in [-0.3, -0.25) is 19.1 Å². The van der Waals surface area contributed by atoms with Crippen molar-refractivity contribution >= 4 is 39.9 Å². The summed E-state index contributed by atoms with van der Waals surface area (Å²) in [7, 11) is -2.31. The van der Waals surface area contributed by atoms with E-state index >= 15 is 0 Å². The third-order valence-electron chi connectivity index (χ3n) is 10.3. The molecule has 3 N–H and O–H groups in total. The fourth-order valence-corrected chi connectivity index (χ4v) is 8.26. The number of benzene rings is 1. The Balaban J connectivity index is 1.33. The third kappa shape index (κ3) is 8.24. The molecule has 1 aromatic carbocycles. The molecule has 4 amide bonds. The highest BCUT2D eigenvalue weighted by atomic mass is 32.2. The molecular formula is C36H48N8O8S. The summed E-state index contributed by atoms with van der Waals surface area (Å²) in [5.74, 6) is -2.16. The number of hydrogen-bond donors (Lipinski definition) is 3. The minimum absolute atomic E-state index is 0.00264. The number of alkyl carbamates (subject to hydrolysis) is 1. The number of aromatic nitrogens is 4. The summed E-state index contributed by atoms with van der Waals surface area (Å²) in [6, 6.07) is 3.27. The van der Waals surface area contributed by atoms with Crippen molar-refractivity contribution in [3.63, 3.8) is 0 Å². The zero-order chi connectivity index (χ0) is 38.1. The van der Waals surface area contributed by atoms with Crippen LogP contribution in [-0.4, -0.2) is 100 Å². The molecule has 3 fully saturated rings. The topological polar surface area (TPSA) is 204 Å². The molecule has 5 atom stereocenters. The maximum Gasteiger partial charge on any atom is 0.407 e. The zero-order valence-corrected chi connectivity index (χ0v) is 31.4. The number of tetrazole rings is 1. The van der Waals surface area contributed by atoms with Gasteiger partial charge in [-0.15, -0.1) is 21.6 Å². The number of fused-ring (bicyclic) bond motifs is 8. The van der Waals surface area contributed by atoms with Gasteiger partial charge in [0, 0.05) is 23.9 Å². The normalized spacial score (nSPS) is 27.4. The molecule has 53 heavy (non-hydrogen) atoms. The van der Waals surface area contributed by atoms with Crippen molar-refractivity contribution in [3.8, 4) is 11.4 Å². The van der Waals surface area contributed by atoms with E-state index in [0.29, 0.717) is 30.7 Å². The Bertz CT molecular complexity index is 1900. The molecule has 2 aliphatic heterocycles. The Labute approximate surface area is 309 Å². The van der Waals surface area contributed by atoms with Gasteiger partial charge < -0.3 is 25.0 Å². The lowest BCUT2D eigenvalue weighted by Crippen LogP contribution is -2.60. The first-order chi connectivity index (χ1) is 25.2. The Morgan fingerprint density at radius 1 is 1.17 bits per heavy atom. The fraction of sp³-hybridized carbons (Fsp3) is 0.583. The van der Waals surface area contributed by atoms with Crippen LogP contribution in [0.2, 0.25) is 0 Å². The van der Waals surface area contributed by atoms with E-state index < -0.39 is 74.0 Å². The Morgan fingerprint density at radius 3 is 2.62 bits per heavy atom. The molecule has 0 spiro atoms. The summed E-state index contributed by atoms with van der Waals surface area (Å²) in [6.45, 7) is 9.32. The number of rotatable bonds is 7. The summed E-state index contributed by atoms with van der Waals surface area (Å²) < 4.78 is 38.6. The number of cyclic esters (lactones) is 1. The van der Waals surface area contributed by atoms with Crippen molar-refractivity contribution < 1.29 is 37.1 Å². The summed E-state index contributed by atoms with van der Waals surface area (Å²) in [5, 5.41) is 18.1. The van der Waals surface area contributed by atoms with Crippen LogP contribution in [0.15, 0.2) is 36.9 Å². The van der Waals surface area contributed by atoms with Crippen LogP contribution in [0.1, 0.15) is 89.4 Å². The average molecular weight is 753 g/mol. The molecule has 0 unspecified atom stereocenters. The smallest absolute Gasteiger partial charge is 0.407 e. The Kier molecular flexibility index (Phi) is 10.7. The van der Waals surface area contributed by atoms with Crippen LogP contribution in [0.5, 0.6) is 5.75 Å². The van der Waals surface area contributed by atoms with E-state index in [0.717, 1.165) is 24.8 Å². The van der Waals surface area contributed by atoms with Gasteiger partial charge in [0.2, 0.25) is 21.8 Å². The SMILES string of the molecule is C=C[C@H]1C[C@@]1(NC(=O)[C@@H]1C[C@@H]2CN1C(=O)[C@@H](C(C)(C)C)NC(=O)OCCCCC/C=C\c1cc(ccc1OC)-n1nnc2n1)C(=O)NS(=O)(=O)C1CC1. The lowest BCUT2D eigenvalue weighted by Gasteiger charge is -2.35. The first kappa shape index (κ1) is 37.9. The van der Waals surface area contributed by atoms with Gasteiger partial charge >= 0.3 is 6.09 Å². The first-order valence-electron chi connectivity index (χ1n) is 18.1.